The van der Waals surface area contributed by atoms with Gasteiger partial charge in [0.2, 0.25) is 0 Å². The zero-order chi connectivity index (χ0) is 12.4. The van der Waals surface area contributed by atoms with Crippen molar-refractivity contribution in [2.24, 2.45) is 0 Å². The number of aromatic hydroxyl groups is 1. The second-order valence-corrected chi connectivity index (χ2v) is 4.86. The van der Waals surface area contributed by atoms with E-state index in [2.05, 4.69) is 0 Å². The molecule has 2 N–H and O–H groups in total. The van der Waals surface area contributed by atoms with E-state index in [9.17, 15) is 9.90 Å². The molecule has 0 saturated carbocycles. The zero-order valence-corrected chi connectivity index (χ0v) is 10.3. The van der Waals surface area contributed by atoms with Gasteiger partial charge in [-0.1, -0.05) is 18.0 Å². The van der Waals surface area contributed by atoms with Crippen LogP contribution in [0.3, 0.4) is 0 Å². The maximum Gasteiger partial charge on any atom is 0.307 e. The lowest BCUT2D eigenvalue weighted by Gasteiger charge is -2.14. The van der Waals surface area contributed by atoms with E-state index in [1.54, 1.807) is 6.07 Å². The number of carboxylic acids is 1. The van der Waals surface area contributed by atoms with Crippen molar-refractivity contribution in [1.29, 1.82) is 0 Å². The molecule has 0 spiro atoms. The number of fused-ring (bicyclic) bond motifs is 1. The van der Waals surface area contributed by atoms with Crippen LogP contribution >= 0.6 is 11.6 Å². The van der Waals surface area contributed by atoms with Crippen molar-refractivity contribution in [3.05, 3.63) is 27.8 Å². The number of phenols is 1. The summed E-state index contributed by atoms with van der Waals surface area (Å²) in [6.07, 6.45) is 4.88. The summed E-state index contributed by atoms with van der Waals surface area (Å²) in [7, 11) is 0. The molecule has 0 atom stereocenters. The van der Waals surface area contributed by atoms with Gasteiger partial charge in [-0.25, -0.2) is 0 Å². The molecule has 4 heteroatoms. The third kappa shape index (κ3) is 2.55. The Morgan fingerprint density at radius 1 is 1.29 bits per heavy atom. The number of rotatable bonds is 2. The Kier molecular flexibility index (Phi) is 3.57. The first-order chi connectivity index (χ1) is 8.09. The minimum absolute atomic E-state index is 0.0604. The second-order valence-electron chi connectivity index (χ2n) is 4.45. The molecule has 2 rings (SSSR count). The van der Waals surface area contributed by atoms with Crippen molar-refractivity contribution in [2.75, 3.05) is 0 Å². The standard InChI is InChI=1S/C13H15ClO3/c14-11-6-8-4-2-1-3-5-9(8)10(13(11)17)7-12(15)16/h6,17H,1-5,7H2,(H,15,16). The fraction of sp³-hybridized carbons (Fsp3) is 0.462. The van der Waals surface area contributed by atoms with E-state index >= 15 is 0 Å². The Balaban J connectivity index is 2.53. The largest absolute Gasteiger partial charge is 0.506 e. The number of aliphatic carboxylic acids is 1. The van der Waals surface area contributed by atoms with Gasteiger partial charge in [0, 0.05) is 5.56 Å². The van der Waals surface area contributed by atoms with E-state index < -0.39 is 5.97 Å². The van der Waals surface area contributed by atoms with Gasteiger partial charge in [-0.15, -0.1) is 0 Å². The number of hydrogen-bond acceptors (Lipinski definition) is 2. The monoisotopic (exact) mass is 254 g/mol. The van der Waals surface area contributed by atoms with Crippen LogP contribution in [0.4, 0.5) is 0 Å². The van der Waals surface area contributed by atoms with E-state index in [-0.39, 0.29) is 17.2 Å². The van der Waals surface area contributed by atoms with E-state index in [1.165, 1.54) is 0 Å². The van der Waals surface area contributed by atoms with Crippen LogP contribution in [0.5, 0.6) is 5.75 Å². The van der Waals surface area contributed by atoms with E-state index in [0.29, 0.717) is 5.56 Å². The Morgan fingerprint density at radius 3 is 2.71 bits per heavy atom. The lowest BCUT2D eigenvalue weighted by molar-refractivity contribution is -0.136. The van der Waals surface area contributed by atoms with Crippen LogP contribution in [0.1, 0.15) is 36.0 Å². The zero-order valence-electron chi connectivity index (χ0n) is 9.50. The summed E-state index contributed by atoms with van der Waals surface area (Å²) in [4.78, 5) is 10.8. The summed E-state index contributed by atoms with van der Waals surface area (Å²) in [6.45, 7) is 0. The fourth-order valence-corrected chi connectivity index (χ4v) is 2.71. The molecule has 92 valence electrons. The highest BCUT2D eigenvalue weighted by Crippen LogP contribution is 2.36. The predicted molar refractivity (Wildman–Crippen MR) is 65.7 cm³/mol. The van der Waals surface area contributed by atoms with Crippen molar-refractivity contribution in [3.8, 4) is 5.75 Å². The molecule has 0 aliphatic heterocycles. The van der Waals surface area contributed by atoms with E-state index in [4.69, 9.17) is 16.7 Å². The van der Waals surface area contributed by atoms with Crippen molar-refractivity contribution in [3.63, 3.8) is 0 Å². The average Bonchev–Trinajstić information content (AvgIpc) is 2.49. The van der Waals surface area contributed by atoms with E-state index in [0.717, 1.165) is 43.2 Å². The first kappa shape index (κ1) is 12.2. The molecule has 0 heterocycles. The Labute approximate surface area is 105 Å². The van der Waals surface area contributed by atoms with Gasteiger partial charge in [0.15, 0.2) is 0 Å². The minimum Gasteiger partial charge on any atom is -0.506 e. The van der Waals surface area contributed by atoms with Crippen LogP contribution in [0.2, 0.25) is 5.02 Å². The maximum absolute atomic E-state index is 10.8. The van der Waals surface area contributed by atoms with Crippen LogP contribution in [0.15, 0.2) is 6.07 Å². The average molecular weight is 255 g/mol. The third-order valence-corrected chi connectivity index (χ3v) is 3.55. The summed E-state index contributed by atoms with van der Waals surface area (Å²) in [5.74, 6) is -0.997. The second kappa shape index (κ2) is 4.96. The molecule has 1 aromatic carbocycles. The Morgan fingerprint density at radius 2 is 2.00 bits per heavy atom. The lowest BCUT2D eigenvalue weighted by Crippen LogP contribution is -2.06. The molecule has 0 amide bonds. The number of benzene rings is 1. The van der Waals surface area contributed by atoms with Crippen LogP contribution in [-0.4, -0.2) is 16.2 Å². The van der Waals surface area contributed by atoms with E-state index in [1.807, 2.05) is 0 Å². The normalized spacial score (nSPS) is 15.1. The predicted octanol–water partition coefficient (Wildman–Crippen LogP) is 2.94. The highest BCUT2D eigenvalue weighted by Gasteiger charge is 2.20. The topological polar surface area (TPSA) is 57.5 Å². The number of carbonyl (C=O) groups is 1. The number of aryl methyl sites for hydroxylation is 1. The summed E-state index contributed by atoms with van der Waals surface area (Å²) in [5, 5.41) is 19.1. The minimum atomic E-state index is -0.936. The number of hydrogen-bond donors (Lipinski definition) is 2. The summed E-state index contributed by atoms with van der Waals surface area (Å²) < 4.78 is 0. The molecule has 0 unspecified atom stereocenters. The van der Waals surface area contributed by atoms with Crippen molar-refractivity contribution < 1.29 is 15.0 Å². The molecule has 1 aliphatic carbocycles. The van der Waals surface area contributed by atoms with Gasteiger partial charge in [0.05, 0.1) is 11.4 Å². The SMILES string of the molecule is O=C(O)Cc1c(O)c(Cl)cc2c1CCCCC2. The summed E-state index contributed by atoms with van der Waals surface area (Å²) in [6, 6.07) is 1.78. The number of halogens is 1. The highest BCUT2D eigenvalue weighted by atomic mass is 35.5. The first-order valence-electron chi connectivity index (χ1n) is 5.83. The molecule has 17 heavy (non-hydrogen) atoms. The van der Waals surface area contributed by atoms with Crippen molar-refractivity contribution in [1.82, 2.24) is 0 Å². The Hall–Kier alpha value is -1.22. The Bertz CT molecular complexity index is 454. The smallest absolute Gasteiger partial charge is 0.307 e. The van der Waals surface area contributed by atoms with Gasteiger partial charge in [-0.3, -0.25) is 4.79 Å². The summed E-state index contributed by atoms with van der Waals surface area (Å²) >= 11 is 5.94. The molecular formula is C13H15ClO3. The van der Waals surface area contributed by atoms with Gasteiger partial charge in [0.1, 0.15) is 5.75 Å². The van der Waals surface area contributed by atoms with Crippen molar-refractivity contribution in [2.45, 2.75) is 38.5 Å². The van der Waals surface area contributed by atoms with Gasteiger partial charge in [-0.05, 0) is 42.9 Å². The van der Waals surface area contributed by atoms with Crippen LogP contribution < -0.4 is 0 Å². The van der Waals surface area contributed by atoms with Crippen LogP contribution in [0.25, 0.3) is 0 Å². The molecule has 0 fully saturated rings. The molecule has 0 radical (unpaired) electrons. The number of phenolic OH excluding ortho intramolecular Hbond substituents is 1. The molecular weight excluding hydrogens is 240 g/mol. The van der Waals surface area contributed by atoms with Crippen LogP contribution in [-0.2, 0) is 24.1 Å². The van der Waals surface area contributed by atoms with Crippen LogP contribution in [0, 0.1) is 0 Å². The molecule has 0 aromatic heterocycles. The molecule has 0 bridgehead atoms. The molecule has 3 nitrogen and oxygen atoms in total. The molecule has 1 aliphatic rings. The fourth-order valence-electron chi connectivity index (χ4n) is 2.46. The maximum atomic E-state index is 10.8. The van der Waals surface area contributed by atoms with Gasteiger partial charge < -0.3 is 10.2 Å². The van der Waals surface area contributed by atoms with Gasteiger partial charge >= 0.3 is 5.97 Å². The first-order valence-corrected chi connectivity index (χ1v) is 6.21. The number of carboxylic acid groups (broad SMARTS) is 1. The quantitative estimate of drug-likeness (QED) is 0.798. The molecule has 1 aromatic rings. The lowest BCUT2D eigenvalue weighted by atomic mass is 9.94. The van der Waals surface area contributed by atoms with Gasteiger partial charge in [0.25, 0.3) is 0 Å². The highest BCUT2D eigenvalue weighted by molar-refractivity contribution is 6.32. The molecule has 0 saturated heterocycles. The van der Waals surface area contributed by atoms with Crippen molar-refractivity contribution >= 4 is 17.6 Å². The van der Waals surface area contributed by atoms with Gasteiger partial charge in [-0.2, -0.15) is 0 Å². The third-order valence-electron chi connectivity index (χ3n) is 3.27. The summed E-state index contributed by atoms with van der Waals surface area (Å²) in [5.41, 5.74) is 2.59.